The molecule has 0 radical (unpaired) electrons. The molecule has 0 aliphatic heterocycles. The molecule has 0 aromatic heterocycles. The second-order valence-corrected chi connectivity index (χ2v) is 6.54. The van der Waals surface area contributed by atoms with E-state index in [0.29, 0.717) is 6.54 Å². The van der Waals surface area contributed by atoms with Crippen LogP contribution in [0, 0.1) is 0 Å². The molecule has 1 atom stereocenters. The van der Waals surface area contributed by atoms with Gasteiger partial charge < -0.3 is 10.2 Å². The highest BCUT2D eigenvalue weighted by Gasteiger charge is 2.15. The van der Waals surface area contributed by atoms with Gasteiger partial charge in [-0.3, -0.25) is 4.79 Å². The topological polar surface area (TPSA) is 32.3 Å². The molecule has 0 spiro atoms. The van der Waals surface area contributed by atoms with Crippen LogP contribution in [0.25, 0.3) is 0 Å². The number of rotatable bonds is 6. The molecule has 0 aliphatic carbocycles. The maximum absolute atomic E-state index is 12.0. The Bertz CT molecular complexity index is 441. The second kappa shape index (κ2) is 7.60. The van der Waals surface area contributed by atoms with Crippen molar-refractivity contribution in [3.05, 3.63) is 35.4 Å². The van der Waals surface area contributed by atoms with Crippen molar-refractivity contribution in [1.29, 1.82) is 0 Å². The van der Waals surface area contributed by atoms with Crippen LogP contribution < -0.4 is 5.32 Å². The van der Waals surface area contributed by atoms with Gasteiger partial charge in [-0.2, -0.15) is 0 Å². The van der Waals surface area contributed by atoms with Crippen LogP contribution in [-0.2, 0) is 10.2 Å². The van der Waals surface area contributed by atoms with Crippen LogP contribution in [0.1, 0.15) is 58.7 Å². The number of amides is 1. The smallest absolute Gasteiger partial charge is 0.236 e. The lowest BCUT2D eigenvalue weighted by Crippen LogP contribution is -2.38. The zero-order valence-electron chi connectivity index (χ0n) is 14.4. The van der Waals surface area contributed by atoms with Crippen molar-refractivity contribution in [2.75, 3.05) is 19.6 Å². The van der Waals surface area contributed by atoms with Crippen molar-refractivity contribution in [3.8, 4) is 0 Å². The molecule has 118 valence electrons. The highest BCUT2D eigenvalue weighted by molar-refractivity contribution is 5.78. The number of nitrogens with zero attached hydrogens (tertiary/aromatic N) is 1. The lowest BCUT2D eigenvalue weighted by molar-refractivity contribution is -0.129. The van der Waals surface area contributed by atoms with E-state index in [1.54, 1.807) is 0 Å². The first kappa shape index (κ1) is 17.7. The Labute approximate surface area is 129 Å². The van der Waals surface area contributed by atoms with Crippen molar-refractivity contribution in [3.63, 3.8) is 0 Å². The van der Waals surface area contributed by atoms with E-state index in [9.17, 15) is 4.79 Å². The summed E-state index contributed by atoms with van der Waals surface area (Å²) in [6.45, 7) is 14.7. The maximum Gasteiger partial charge on any atom is 0.236 e. The highest BCUT2D eigenvalue weighted by atomic mass is 16.2. The SMILES string of the molecule is CCN(CC)C(=O)CNC(C)c1ccc(C(C)(C)C)cc1. The summed E-state index contributed by atoms with van der Waals surface area (Å²) >= 11 is 0. The quantitative estimate of drug-likeness (QED) is 0.869. The zero-order chi connectivity index (χ0) is 16.0. The van der Waals surface area contributed by atoms with E-state index in [2.05, 4.69) is 57.3 Å². The van der Waals surface area contributed by atoms with E-state index in [1.807, 2.05) is 18.7 Å². The van der Waals surface area contributed by atoms with Crippen molar-refractivity contribution in [1.82, 2.24) is 10.2 Å². The minimum atomic E-state index is 0.165. The van der Waals surface area contributed by atoms with E-state index in [1.165, 1.54) is 11.1 Å². The average molecular weight is 290 g/mol. The van der Waals surface area contributed by atoms with Crippen LogP contribution in [0.5, 0.6) is 0 Å². The predicted molar refractivity (Wildman–Crippen MR) is 89.5 cm³/mol. The summed E-state index contributed by atoms with van der Waals surface area (Å²) in [4.78, 5) is 13.8. The predicted octanol–water partition coefficient (Wildman–Crippen LogP) is 3.50. The van der Waals surface area contributed by atoms with Crippen LogP contribution in [0.4, 0.5) is 0 Å². The number of hydrogen-bond donors (Lipinski definition) is 1. The normalized spacial score (nSPS) is 13.0. The molecule has 0 saturated carbocycles. The largest absolute Gasteiger partial charge is 0.342 e. The third kappa shape index (κ3) is 5.16. The summed E-state index contributed by atoms with van der Waals surface area (Å²) in [7, 11) is 0. The fourth-order valence-corrected chi connectivity index (χ4v) is 2.32. The van der Waals surface area contributed by atoms with E-state index in [-0.39, 0.29) is 17.4 Å². The Morgan fingerprint density at radius 3 is 2.10 bits per heavy atom. The van der Waals surface area contributed by atoms with Gasteiger partial charge in [0.25, 0.3) is 0 Å². The summed E-state index contributed by atoms with van der Waals surface area (Å²) in [6, 6.07) is 8.85. The maximum atomic E-state index is 12.0. The first-order valence-corrected chi connectivity index (χ1v) is 7.91. The van der Waals surface area contributed by atoms with Crippen LogP contribution in [0.2, 0.25) is 0 Å². The average Bonchev–Trinajstić information content (AvgIpc) is 2.45. The highest BCUT2D eigenvalue weighted by Crippen LogP contribution is 2.23. The Hall–Kier alpha value is -1.35. The van der Waals surface area contributed by atoms with Gasteiger partial charge in [-0.15, -0.1) is 0 Å². The van der Waals surface area contributed by atoms with Crippen molar-refractivity contribution in [2.45, 2.75) is 53.0 Å². The third-order valence-electron chi connectivity index (χ3n) is 3.95. The molecular formula is C18H30N2O. The molecule has 1 unspecified atom stereocenters. The molecule has 0 fully saturated rings. The molecule has 1 amide bonds. The molecule has 1 N–H and O–H groups in total. The van der Waals surface area contributed by atoms with Gasteiger partial charge in [0.05, 0.1) is 6.54 Å². The number of hydrogen-bond acceptors (Lipinski definition) is 2. The molecule has 3 nitrogen and oxygen atoms in total. The van der Waals surface area contributed by atoms with Crippen molar-refractivity contribution >= 4 is 5.91 Å². The lowest BCUT2D eigenvalue weighted by atomic mass is 9.86. The van der Waals surface area contributed by atoms with Gasteiger partial charge in [-0.1, -0.05) is 45.0 Å². The number of nitrogens with one attached hydrogen (secondary N) is 1. The van der Waals surface area contributed by atoms with Gasteiger partial charge in [-0.25, -0.2) is 0 Å². The minimum Gasteiger partial charge on any atom is -0.342 e. The van der Waals surface area contributed by atoms with Gasteiger partial charge >= 0.3 is 0 Å². The Morgan fingerprint density at radius 2 is 1.67 bits per heavy atom. The summed E-state index contributed by atoms with van der Waals surface area (Å²) in [6.07, 6.45) is 0. The van der Waals surface area contributed by atoms with E-state index >= 15 is 0 Å². The summed E-state index contributed by atoms with van der Waals surface area (Å²) < 4.78 is 0. The Kier molecular flexibility index (Phi) is 6.41. The molecule has 3 heteroatoms. The molecule has 1 rings (SSSR count). The standard InChI is InChI=1S/C18H30N2O/c1-7-20(8-2)17(21)13-19-14(3)15-9-11-16(12-10-15)18(4,5)6/h9-12,14,19H,7-8,13H2,1-6H3. The monoisotopic (exact) mass is 290 g/mol. The Balaban J connectivity index is 2.60. The molecule has 1 aromatic carbocycles. The molecule has 0 saturated heterocycles. The van der Waals surface area contributed by atoms with E-state index in [4.69, 9.17) is 0 Å². The van der Waals surface area contributed by atoms with Gasteiger partial charge in [0, 0.05) is 19.1 Å². The number of likely N-dealkylation sites (N-methyl/N-ethyl adjacent to an activating group) is 1. The number of carbonyl (C=O) groups is 1. The van der Waals surface area contributed by atoms with Gasteiger partial charge in [0.1, 0.15) is 0 Å². The molecule has 1 aromatic rings. The van der Waals surface area contributed by atoms with Crippen LogP contribution >= 0.6 is 0 Å². The number of carbonyl (C=O) groups excluding carboxylic acids is 1. The summed E-state index contributed by atoms with van der Waals surface area (Å²) in [5.74, 6) is 0.165. The van der Waals surface area contributed by atoms with Crippen LogP contribution in [0.15, 0.2) is 24.3 Å². The van der Waals surface area contributed by atoms with E-state index < -0.39 is 0 Å². The minimum absolute atomic E-state index is 0.165. The van der Waals surface area contributed by atoms with Gasteiger partial charge in [0.15, 0.2) is 0 Å². The van der Waals surface area contributed by atoms with Crippen molar-refractivity contribution in [2.24, 2.45) is 0 Å². The third-order valence-corrected chi connectivity index (χ3v) is 3.95. The van der Waals surface area contributed by atoms with Gasteiger partial charge in [0.2, 0.25) is 5.91 Å². The lowest BCUT2D eigenvalue weighted by Gasteiger charge is -2.22. The fourth-order valence-electron chi connectivity index (χ4n) is 2.32. The molecule has 21 heavy (non-hydrogen) atoms. The second-order valence-electron chi connectivity index (χ2n) is 6.54. The first-order valence-electron chi connectivity index (χ1n) is 7.91. The first-order chi connectivity index (χ1) is 9.79. The summed E-state index contributed by atoms with van der Waals surface area (Å²) in [5, 5.41) is 3.31. The van der Waals surface area contributed by atoms with Crippen LogP contribution in [0.3, 0.4) is 0 Å². The van der Waals surface area contributed by atoms with Crippen LogP contribution in [-0.4, -0.2) is 30.4 Å². The van der Waals surface area contributed by atoms with Gasteiger partial charge in [-0.05, 0) is 37.3 Å². The summed E-state index contributed by atoms with van der Waals surface area (Å²) in [5.41, 5.74) is 2.72. The van der Waals surface area contributed by atoms with E-state index in [0.717, 1.165) is 13.1 Å². The fraction of sp³-hybridized carbons (Fsp3) is 0.611. The molecule has 0 heterocycles. The number of benzene rings is 1. The van der Waals surface area contributed by atoms with Crippen molar-refractivity contribution < 1.29 is 4.79 Å². The zero-order valence-corrected chi connectivity index (χ0v) is 14.4. The molecule has 0 bridgehead atoms. The Morgan fingerprint density at radius 1 is 1.14 bits per heavy atom. The molecular weight excluding hydrogens is 260 g/mol. The molecule has 0 aliphatic rings.